The molecule has 2 amide bonds. The number of aliphatic carboxylic acids is 1. The van der Waals surface area contributed by atoms with Gasteiger partial charge in [-0.05, 0) is 55.0 Å². The van der Waals surface area contributed by atoms with Gasteiger partial charge in [-0.2, -0.15) is 0 Å². The quantitative estimate of drug-likeness (QED) is 0.402. The average Bonchev–Trinajstić information content (AvgIpc) is 3.39. The molecule has 4 N–H and O–H groups in total. The van der Waals surface area contributed by atoms with Crippen molar-refractivity contribution in [3.63, 3.8) is 0 Å². The number of piperidine rings is 1. The summed E-state index contributed by atoms with van der Waals surface area (Å²) in [6.07, 6.45) is 5.24. The predicted octanol–water partition coefficient (Wildman–Crippen LogP) is 4.45. The largest absolute Gasteiger partial charge is 0.480 e. The van der Waals surface area contributed by atoms with Crippen LogP contribution in [0.15, 0.2) is 36.4 Å². The van der Waals surface area contributed by atoms with Gasteiger partial charge in [0, 0.05) is 41.3 Å². The summed E-state index contributed by atoms with van der Waals surface area (Å²) in [7, 11) is 0. The fourth-order valence-corrected chi connectivity index (χ4v) is 8.29. The number of hydrogen-bond acceptors (Lipinski definition) is 5. The highest BCUT2D eigenvalue weighted by molar-refractivity contribution is 6.31. The molecule has 0 bridgehead atoms. The van der Waals surface area contributed by atoms with Gasteiger partial charge in [-0.25, -0.2) is 4.39 Å². The number of hydrogen-bond donors (Lipinski definition) is 4. The molecule has 2 aromatic rings. The highest BCUT2D eigenvalue weighted by Crippen LogP contribution is 2.62. The zero-order valence-electron chi connectivity index (χ0n) is 22.5. The highest BCUT2D eigenvalue weighted by atomic mass is 35.5. The van der Waals surface area contributed by atoms with E-state index in [1.807, 2.05) is 11.0 Å². The van der Waals surface area contributed by atoms with Crippen molar-refractivity contribution in [2.75, 3.05) is 25.0 Å². The number of likely N-dealkylation sites (tertiary alicyclic amines) is 1. The minimum absolute atomic E-state index is 0.0372. The van der Waals surface area contributed by atoms with Crippen molar-refractivity contribution in [2.45, 2.75) is 73.9 Å². The summed E-state index contributed by atoms with van der Waals surface area (Å²) in [5.74, 6) is -2.97. The second-order valence-corrected chi connectivity index (χ2v) is 12.6. The summed E-state index contributed by atoms with van der Waals surface area (Å²) in [5, 5.41) is 19.4. The van der Waals surface area contributed by atoms with E-state index in [1.165, 1.54) is 6.07 Å². The summed E-state index contributed by atoms with van der Waals surface area (Å²) in [6, 6.07) is 8.96. The van der Waals surface area contributed by atoms with Gasteiger partial charge in [0.25, 0.3) is 0 Å². The van der Waals surface area contributed by atoms with Crippen LogP contribution in [-0.2, 0) is 19.8 Å². The van der Waals surface area contributed by atoms with Gasteiger partial charge in [-0.3, -0.25) is 24.6 Å². The summed E-state index contributed by atoms with van der Waals surface area (Å²) < 4.78 is 16.0. The van der Waals surface area contributed by atoms with E-state index in [0.29, 0.717) is 55.0 Å². The first kappa shape index (κ1) is 28.4. The lowest BCUT2D eigenvalue weighted by Gasteiger charge is -2.47. The molecule has 8 nitrogen and oxygen atoms in total. The first-order valence-electron chi connectivity index (χ1n) is 14.2. The standard InChI is InChI=1S/C30H33Cl2FN4O4/c31-17-7-8-20-22(15-17)35-28(41)30(20)24(19-5-4-6-21(32)25(19)33)26(36-29(30)11-2-1-3-12-29)27(40)34-18-9-13-37(14-10-18)16-23(38)39/h4-8,15,18,24,26,36H,1-3,9-14,16H2,(H,34,40)(H,35,41)(H,38,39)/t24-,26+,30+/m0/s1. The molecule has 2 aromatic carbocycles. The number of carbonyl (C=O) groups excluding carboxylic acids is 2. The van der Waals surface area contributed by atoms with E-state index < -0.39 is 34.7 Å². The molecule has 2 spiro atoms. The molecule has 0 aromatic heterocycles. The normalized spacial score (nSPS) is 27.6. The number of anilines is 1. The van der Waals surface area contributed by atoms with Crippen molar-refractivity contribution in [3.05, 3.63) is 63.4 Å². The Bertz CT molecular complexity index is 1390. The second kappa shape index (κ2) is 10.8. The van der Waals surface area contributed by atoms with Crippen molar-refractivity contribution >= 4 is 46.7 Å². The van der Waals surface area contributed by atoms with Crippen LogP contribution < -0.4 is 16.0 Å². The van der Waals surface area contributed by atoms with Crippen LogP contribution in [0.25, 0.3) is 0 Å². The molecule has 41 heavy (non-hydrogen) atoms. The molecular formula is C30H33Cl2FN4O4. The Hall–Kier alpha value is -2.72. The number of benzene rings is 2. The first-order chi connectivity index (χ1) is 19.7. The topological polar surface area (TPSA) is 111 Å². The van der Waals surface area contributed by atoms with Gasteiger partial charge in [0.15, 0.2) is 0 Å². The van der Waals surface area contributed by atoms with Crippen LogP contribution in [0.1, 0.15) is 62.0 Å². The Kier molecular flexibility index (Phi) is 7.51. The molecule has 1 aliphatic carbocycles. The van der Waals surface area contributed by atoms with Gasteiger partial charge in [0.1, 0.15) is 11.2 Å². The molecule has 0 radical (unpaired) electrons. The van der Waals surface area contributed by atoms with E-state index >= 15 is 4.39 Å². The average molecular weight is 604 g/mol. The fourth-order valence-electron chi connectivity index (χ4n) is 7.94. The van der Waals surface area contributed by atoms with Crippen molar-refractivity contribution in [1.29, 1.82) is 0 Å². The van der Waals surface area contributed by atoms with Gasteiger partial charge in [0.2, 0.25) is 11.8 Å². The highest BCUT2D eigenvalue weighted by Gasteiger charge is 2.72. The minimum atomic E-state index is -1.27. The Morgan fingerprint density at radius 2 is 1.83 bits per heavy atom. The number of rotatable bonds is 5. The number of nitrogens with one attached hydrogen (secondary N) is 3. The Morgan fingerprint density at radius 1 is 1.10 bits per heavy atom. The fraction of sp³-hybridized carbons (Fsp3) is 0.500. The number of nitrogens with zero attached hydrogens (tertiary/aromatic N) is 1. The Labute approximate surface area is 247 Å². The van der Waals surface area contributed by atoms with Crippen molar-refractivity contribution < 1.29 is 23.9 Å². The zero-order chi connectivity index (χ0) is 28.9. The summed E-state index contributed by atoms with van der Waals surface area (Å²) in [6.45, 7) is 1.06. The molecule has 4 aliphatic rings. The molecule has 2 saturated heterocycles. The number of carbonyl (C=O) groups is 3. The first-order valence-corrected chi connectivity index (χ1v) is 15.0. The maximum Gasteiger partial charge on any atom is 0.317 e. The second-order valence-electron chi connectivity index (χ2n) is 11.8. The van der Waals surface area contributed by atoms with Crippen LogP contribution in [0, 0.1) is 5.82 Å². The number of carboxylic acid groups (broad SMARTS) is 1. The minimum Gasteiger partial charge on any atom is -0.480 e. The van der Waals surface area contributed by atoms with Crippen LogP contribution in [-0.4, -0.2) is 65.0 Å². The van der Waals surface area contributed by atoms with Crippen LogP contribution >= 0.6 is 23.2 Å². The summed E-state index contributed by atoms with van der Waals surface area (Å²) in [5.41, 5.74) is -0.551. The van der Waals surface area contributed by atoms with E-state index in [4.69, 9.17) is 28.3 Å². The third-order valence-electron chi connectivity index (χ3n) is 9.60. The molecule has 6 rings (SSSR count). The SMILES string of the molecule is O=C(O)CN1CCC(NC(=O)[C@@H]2NC3(CCCCC3)[C@@]3(C(=O)Nc4cc(Cl)ccc43)[C@H]2c2cccc(Cl)c2F)CC1. The van der Waals surface area contributed by atoms with E-state index in [2.05, 4.69) is 16.0 Å². The molecule has 218 valence electrons. The molecule has 3 fully saturated rings. The Balaban J connectivity index is 1.44. The van der Waals surface area contributed by atoms with Crippen LogP contribution in [0.5, 0.6) is 0 Å². The lowest BCUT2D eigenvalue weighted by atomic mass is 9.55. The lowest BCUT2D eigenvalue weighted by Crippen LogP contribution is -2.60. The molecule has 1 saturated carbocycles. The number of amides is 2. The van der Waals surface area contributed by atoms with Gasteiger partial charge in [0.05, 0.1) is 17.6 Å². The van der Waals surface area contributed by atoms with E-state index in [0.717, 1.165) is 19.3 Å². The van der Waals surface area contributed by atoms with E-state index in [-0.39, 0.29) is 35.0 Å². The summed E-state index contributed by atoms with van der Waals surface area (Å²) in [4.78, 5) is 41.5. The summed E-state index contributed by atoms with van der Waals surface area (Å²) >= 11 is 12.6. The van der Waals surface area contributed by atoms with Gasteiger partial charge in [-0.15, -0.1) is 0 Å². The number of fused-ring (bicyclic) bond motifs is 3. The number of halogens is 3. The maximum absolute atomic E-state index is 16.0. The van der Waals surface area contributed by atoms with Crippen molar-refractivity contribution in [1.82, 2.24) is 15.5 Å². The maximum atomic E-state index is 16.0. The zero-order valence-corrected chi connectivity index (χ0v) is 24.0. The monoisotopic (exact) mass is 602 g/mol. The van der Waals surface area contributed by atoms with Crippen LogP contribution in [0.3, 0.4) is 0 Å². The van der Waals surface area contributed by atoms with Gasteiger partial charge >= 0.3 is 5.97 Å². The van der Waals surface area contributed by atoms with Gasteiger partial charge in [-0.1, -0.05) is 60.7 Å². The predicted molar refractivity (Wildman–Crippen MR) is 154 cm³/mol. The molecule has 0 unspecified atom stereocenters. The smallest absolute Gasteiger partial charge is 0.317 e. The van der Waals surface area contributed by atoms with E-state index in [1.54, 1.807) is 24.3 Å². The van der Waals surface area contributed by atoms with Gasteiger partial charge < -0.3 is 15.7 Å². The molecule has 3 atom stereocenters. The van der Waals surface area contributed by atoms with Crippen molar-refractivity contribution in [2.24, 2.45) is 0 Å². The molecule has 3 heterocycles. The van der Waals surface area contributed by atoms with Crippen LogP contribution in [0.2, 0.25) is 10.0 Å². The third-order valence-corrected chi connectivity index (χ3v) is 10.1. The lowest BCUT2D eigenvalue weighted by molar-refractivity contribution is -0.138. The number of carboxylic acids is 1. The molecule has 11 heteroatoms. The van der Waals surface area contributed by atoms with Crippen LogP contribution in [0.4, 0.5) is 10.1 Å². The molecular weight excluding hydrogens is 570 g/mol. The van der Waals surface area contributed by atoms with E-state index in [9.17, 15) is 14.4 Å². The Morgan fingerprint density at radius 3 is 2.54 bits per heavy atom. The third kappa shape index (κ3) is 4.61. The van der Waals surface area contributed by atoms with Crippen molar-refractivity contribution in [3.8, 4) is 0 Å². The molecule has 3 aliphatic heterocycles.